The Morgan fingerprint density at radius 3 is 2.95 bits per heavy atom. The summed E-state index contributed by atoms with van der Waals surface area (Å²) in [5.74, 6) is -0.967. The normalized spacial score (nSPS) is 17.2. The van der Waals surface area contributed by atoms with Crippen molar-refractivity contribution in [2.45, 2.75) is 12.5 Å². The van der Waals surface area contributed by atoms with Gasteiger partial charge in [0.25, 0.3) is 0 Å². The van der Waals surface area contributed by atoms with Gasteiger partial charge in [0.05, 0.1) is 6.61 Å². The van der Waals surface area contributed by atoms with Crippen LogP contribution in [0.3, 0.4) is 0 Å². The van der Waals surface area contributed by atoms with Gasteiger partial charge in [-0.3, -0.25) is 0 Å². The average molecular weight is 285 g/mol. The zero-order valence-corrected chi connectivity index (χ0v) is 11.3. The van der Waals surface area contributed by atoms with Crippen molar-refractivity contribution in [1.29, 1.82) is 5.26 Å². The predicted molar refractivity (Wildman–Crippen MR) is 74.5 cm³/mol. The molecule has 3 rings (SSSR count). The monoisotopic (exact) mass is 285 g/mol. The van der Waals surface area contributed by atoms with E-state index in [4.69, 9.17) is 10.00 Å². The Balaban J connectivity index is 2.05. The zero-order valence-electron chi connectivity index (χ0n) is 10.5. The predicted octanol–water partition coefficient (Wildman–Crippen LogP) is 2.99. The smallest absolute Gasteiger partial charge is 0.337 e. The lowest BCUT2D eigenvalue weighted by molar-refractivity contribution is -0.151. The standard InChI is InChI=1S/C15H11NO3S/c16-7-12-5-11(8-20-12)10-2-1-9-3-4-19-14(15(17)18)13(9)6-10/h1-2,5-6,8,14H,3-4H2,(H,17,18). The molecule has 1 atom stereocenters. The number of rotatable bonds is 2. The number of nitrogens with zero attached hydrogens (tertiary/aromatic N) is 1. The average Bonchev–Trinajstić information content (AvgIpc) is 2.94. The quantitative estimate of drug-likeness (QED) is 0.920. The highest BCUT2D eigenvalue weighted by atomic mass is 32.1. The third-order valence-corrected chi connectivity index (χ3v) is 4.19. The van der Waals surface area contributed by atoms with E-state index >= 15 is 0 Å². The summed E-state index contributed by atoms with van der Waals surface area (Å²) in [6.45, 7) is 0.431. The second-order valence-electron chi connectivity index (χ2n) is 4.56. The molecule has 2 aromatic rings. The molecule has 1 N–H and O–H groups in total. The molecular weight excluding hydrogens is 274 g/mol. The van der Waals surface area contributed by atoms with E-state index in [0.29, 0.717) is 17.0 Å². The van der Waals surface area contributed by atoms with Gasteiger partial charge in [-0.05, 0) is 46.2 Å². The summed E-state index contributed by atoms with van der Waals surface area (Å²) < 4.78 is 5.33. The molecule has 0 saturated heterocycles. The van der Waals surface area contributed by atoms with Crippen molar-refractivity contribution >= 4 is 17.3 Å². The number of carbonyl (C=O) groups is 1. The topological polar surface area (TPSA) is 70.3 Å². The SMILES string of the molecule is N#Cc1cc(-c2ccc3c(c2)C(C(=O)O)OCC3)cs1. The summed E-state index contributed by atoms with van der Waals surface area (Å²) in [5, 5.41) is 20.0. The lowest BCUT2D eigenvalue weighted by Crippen LogP contribution is -2.23. The Hall–Kier alpha value is -2.16. The van der Waals surface area contributed by atoms with Gasteiger partial charge in [-0.15, -0.1) is 11.3 Å². The van der Waals surface area contributed by atoms with Crippen LogP contribution in [0.4, 0.5) is 0 Å². The minimum atomic E-state index is -0.967. The van der Waals surface area contributed by atoms with E-state index in [9.17, 15) is 9.90 Å². The number of thiophene rings is 1. The molecule has 0 saturated carbocycles. The molecule has 0 amide bonds. The fraction of sp³-hybridized carbons (Fsp3) is 0.200. The van der Waals surface area contributed by atoms with Gasteiger partial charge in [0.2, 0.25) is 0 Å². The van der Waals surface area contributed by atoms with Gasteiger partial charge in [-0.25, -0.2) is 4.79 Å². The summed E-state index contributed by atoms with van der Waals surface area (Å²) >= 11 is 1.38. The van der Waals surface area contributed by atoms with Crippen molar-refractivity contribution < 1.29 is 14.6 Å². The van der Waals surface area contributed by atoms with Gasteiger partial charge in [0, 0.05) is 0 Å². The third-order valence-electron chi connectivity index (χ3n) is 3.35. The van der Waals surface area contributed by atoms with Crippen LogP contribution in [-0.2, 0) is 16.0 Å². The zero-order chi connectivity index (χ0) is 14.1. The van der Waals surface area contributed by atoms with Crippen LogP contribution in [0.5, 0.6) is 0 Å². The molecule has 1 aliphatic rings. The fourth-order valence-electron chi connectivity index (χ4n) is 2.37. The van der Waals surface area contributed by atoms with Gasteiger partial charge >= 0.3 is 5.97 Å². The number of hydrogen-bond donors (Lipinski definition) is 1. The maximum Gasteiger partial charge on any atom is 0.337 e. The molecule has 0 bridgehead atoms. The molecule has 0 spiro atoms. The second kappa shape index (κ2) is 5.08. The van der Waals surface area contributed by atoms with Crippen LogP contribution in [0.15, 0.2) is 29.6 Å². The van der Waals surface area contributed by atoms with E-state index in [1.807, 2.05) is 29.6 Å². The first-order valence-electron chi connectivity index (χ1n) is 6.15. The highest BCUT2D eigenvalue weighted by Crippen LogP contribution is 2.33. The third kappa shape index (κ3) is 2.20. The van der Waals surface area contributed by atoms with Crippen LogP contribution in [-0.4, -0.2) is 17.7 Å². The first-order chi connectivity index (χ1) is 9.69. The van der Waals surface area contributed by atoms with Crippen LogP contribution in [0.25, 0.3) is 11.1 Å². The van der Waals surface area contributed by atoms with E-state index < -0.39 is 12.1 Å². The lowest BCUT2D eigenvalue weighted by atomic mass is 9.93. The highest BCUT2D eigenvalue weighted by Gasteiger charge is 2.27. The maximum absolute atomic E-state index is 11.2. The summed E-state index contributed by atoms with van der Waals surface area (Å²) in [7, 11) is 0. The molecule has 0 fully saturated rings. The Kier molecular flexibility index (Phi) is 3.26. The first-order valence-corrected chi connectivity index (χ1v) is 7.03. The van der Waals surface area contributed by atoms with Crippen molar-refractivity contribution in [2.75, 3.05) is 6.61 Å². The van der Waals surface area contributed by atoms with Crippen LogP contribution in [0.1, 0.15) is 22.1 Å². The minimum Gasteiger partial charge on any atom is -0.479 e. The number of nitriles is 1. The molecule has 0 aliphatic carbocycles. The first kappa shape index (κ1) is 12.9. The van der Waals surface area contributed by atoms with Crippen LogP contribution < -0.4 is 0 Å². The van der Waals surface area contributed by atoms with E-state index in [0.717, 1.165) is 23.1 Å². The van der Waals surface area contributed by atoms with E-state index in [1.165, 1.54) is 11.3 Å². The van der Waals surface area contributed by atoms with Gasteiger partial charge in [0.15, 0.2) is 6.10 Å². The Morgan fingerprint density at radius 1 is 1.40 bits per heavy atom. The Bertz CT molecular complexity index is 714. The van der Waals surface area contributed by atoms with Crippen molar-refractivity contribution in [2.24, 2.45) is 0 Å². The van der Waals surface area contributed by atoms with Crippen LogP contribution >= 0.6 is 11.3 Å². The summed E-state index contributed by atoms with van der Waals surface area (Å²) in [6.07, 6.45) is -0.167. The molecule has 0 radical (unpaired) electrons. The molecule has 1 aromatic carbocycles. The van der Waals surface area contributed by atoms with Gasteiger partial charge in [-0.2, -0.15) is 5.26 Å². The number of benzene rings is 1. The van der Waals surface area contributed by atoms with E-state index in [-0.39, 0.29) is 0 Å². The van der Waals surface area contributed by atoms with Crippen LogP contribution in [0, 0.1) is 11.3 Å². The Morgan fingerprint density at radius 2 is 2.25 bits per heavy atom. The molecule has 2 heterocycles. The summed E-state index contributed by atoms with van der Waals surface area (Å²) in [4.78, 5) is 11.9. The van der Waals surface area contributed by atoms with Gasteiger partial charge in [0.1, 0.15) is 10.9 Å². The van der Waals surface area contributed by atoms with Crippen molar-refractivity contribution in [3.8, 4) is 17.2 Å². The molecule has 20 heavy (non-hydrogen) atoms. The number of ether oxygens (including phenoxy) is 1. The molecular formula is C15H11NO3S. The number of aliphatic carboxylic acids is 1. The number of carboxylic acid groups (broad SMARTS) is 1. The van der Waals surface area contributed by atoms with Crippen molar-refractivity contribution in [3.63, 3.8) is 0 Å². The molecule has 1 unspecified atom stereocenters. The molecule has 5 heteroatoms. The highest BCUT2D eigenvalue weighted by molar-refractivity contribution is 7.10. The second-order valence-corrected chi connectivity index (χ2v) is 5.48. The van der Waals surface area contributed by atoms with Crippen molar-refractivity contribution in [1.82, 2.24) is 0 Å². The maximum atomic E-state index is 11.2. The molecule has 1 aliphatic heterocycles. The number of carboxylic acids is 1. The molecule has 4 nitrogen and oxygen atoms in total. The molecule has 100 valence electrons. The fourth-order valence-corrected chi connectivity index (χ4v) is 3.08. The molecule has 1 aromatic heterocycles. The van der Waals surface area contributed by atoms with Gasteiger partial charge in [-0.1, -0.05) is 12.1 Å². The number of hydrogen-bond acceptors (Lipinski definition) is 4. The summed E-state index contributed by atoms with van der Waals surface area (Å²) in [5.41, 5.74) is 3.58. The Labute approximate surface area is 119 Å². The lowest BCUT2D eigenvalue weighted by Gasteiger charge is -2.23. The van der Waals surface area contributed by atoms with Gasteiger partial charge < -0.3 is 9.84 Å². The largest absolute Gasteiger partial charge is 0.479 e. The minimum absolute atomic E-state index is 0.431. The van der Waals surface area contributed by atoms with E-state index in [2.05, 4.69) is 6.07 Å². The summed E-state index contributed by atoms with van der Waals surface area (Å²) in [6, 6.07) is 9.69. The van der Waals surface area contributed by atoms with E-state index in [1.54, 1.807) is 0 Å². The van der Waals surface area contributed by atoms with Crippen molar-refractivity contribution in [3.05, 3.63) is 45.6 Å². The van der Waals surface area contributed by atoms with Crippen LogP contribution in [0.2, 0.25) is 0 Å². The number of fused-ring (bicyclic) bond motifs is 1.